The second-order valence-electron chi connectivity index (χ2n) is 15.6. The molecule has 0 spiro atoms. The SMILES string of the molecule is CCCCCCCC/C=C\CCCCCCCCCCCCCC(=O)OC(CCCCCCCCCCCCCCCCCCCC)C(=O)O. The number of aliphatic carboxylic acids is 1. The Morgan fingerprint density at radius 3 is 1.02 bits per heavy atom. The van der Waals surface area contributed by atoms with Crippen molar-refractivity contribution < 1.29 is 19.4 Å². The van der Waals surface area contributed by atoms with Crippen molar-refractivity contribution in [1.29, 1.82) is 0 Å². The van der Waals surface area contributed by atoms with Gasteiger partial charge in [0.15, 0.2) is 6.10 Å². The first kappa shape index (κ1) is 48.7. The molecule has 0 aromatic rings. The van der Waals surface area contributed by atoms with E-state index in [0.29, 0.717) is 12.8 Å². The molecule has 0 aromatic heterocycles. The summed E-state index contributed by atoms with van der Waals surface area (Å²) in [5.41, 5.74) is 0. The van der Waals surface area contributed by atoms with Crippen LogP contribution in [0.1, 0.15) is 264 Å². The number of allylic oxidation sites excluding steroid dienone is 2. The molecule has 0 fully saturated rings. The van der Waals surface area contributed by atoms with Gasteiger partial charge in [-0.2, -0.15) is 0 Å². The molecular weight excluding hydrogens is 617 g/mol. The molecule has 0 amide bonds. The average Bonchev–Trinajstić information content (AvgIpc) is 3.11. The summed E-state index contributed by atoms with van der Waals surface area (Å²) in [7, 11) is 0. The smallest absolute Gasteiger partial charge is 0.345 e. The molecule has 0 aliphatic rings. The van der Waals surface area contributed by atoms with E-state index in [9.17, 15) is 14.7 Å². The lowest BCUT2D eigenvalue weighted by Gasteiger charge is -2.13. The molecule has 4 nitrogen and oxygen atoms in total. The predicted molar refractivity (Wildman–Crippen MR) is 218 cm³/mol. The number of carbonyl (C=O) groups excluding carboxylic acids is 1. The monoisotopic (exact) mass is 705 g/mol. The van der Waals surface area contributed by atoms with Gasteiger partial charge in [-0.1, -0.05) is 225 Å². The van der Waals surface area contributed by atoms with Crippen molar-refractivity contribution in [3.8, 4) is 0 Å². The Labute approximate surface area is 313 Å². The van der Waals surface area contributed by atoms with E-state index in [2.05, 4.69) is 26.0 Å². The molecule has 1 N–H and O–H groups in total. The van der Waals surface area contributed by atoms with Crippen molar-refractivity contribution in [3.05, 3.63) is 12.2 Å². The number of rotatable bonds is 42. The van der Waals surface area contributed by atoms with Crippen LogP contribution in [0.25, 0.3) is 0 Å². The van der Waals surface area contributed by atoms with Gasteiger partial charge in [-0.3, -0.25) is 4.79 Å². The highest BCUT2D eigenvalue weighted by Crippen LogP contribution is 2.17. The number of carboxylic acid groups (broad SMARTS) is 1. The van der Waals surface area contributed by atoms with Crippen LogP contribution in [0, 0.1) is 0 Å². The summed E-state index contributed by atoms with van der Waals surface area (Å²) >= 11 is 0. The zero-order chi connectivity index (χ0) is 36.4. The molecule has 0 aromatic carbocycles. The van der Waals surface area contributed by atoms with Crippen LogP contribution >= 0.6 is 0 Å². The van der Waals surface area contributed by atoms with E-state index in [4.69, 9.17) is 4.74 Å². The van der Waals surface area contributed by atoms with E-state index in [-0.39, 0.29) is 5.97 Å². The highest BCUT2D eigenvalue weighted by molar-refractivity contribution is 5.77. The zero-order valence-corrected chi connectivity index (χ0v) is 34.0. The van der Waals surface area contributed by atoms with Crippen LogP contribution < -0.4 is 0 Å². The van der Waals surface area contributed by atoms with E-state index < -0.39 is 12.1 Å². The minimum Gasteiger partial charge on any atom is -0.479 e. The zero-order valence-electron chi connectivity index (χ0n) is 34.0. The topological polar surface area (TPSA) is 63.6 Å². The van der Waals surface area contributed by atoms with Gasteiger partial charge in [0.2, 0.25) is 0 Å². The summed E-state index contributed by atoms with van der Waals surface area (Å²) in [5, 5.41) is 9.53. The van der Waals surface area contributed by atoms with Crippen LogP contribution in [-0.2, 0) is 14.3 Å². The van der Waals surface area contributed by atoms with Crippen LogP contribution in [0.4, 0.5) is 0 Å². The molecule has 1 atom stereocenters. The Bertz CT molecular complexity index is 717. The van der Waals surface area contributed by atoms with Gasteiger partial charge >= 0.3 is 11.9 Å². The van der Waals surface area contributed by atoms with Crippen LogP contribution in [0.2, 0.25) is 0 Å². The minimum absolute atomic E-state index is 0.340. The van der Waals surface area contributed by atoms with Crippen molar-refractivity contribution in [2.75, 3.05) is 0 Å². The highest BCUT2D eigenvalue weighted by Gasteiger charge is 2.21. The van der Waals surface area contributed by atoms with Crippen molar-refractivity contribution in [2.24, 2.45) is 0 Å². The first-order valence-corrected chi connectivity index (χ1v) is 22.7. The van der Waals surface area contributed by atoms with E-state index in [1.165, 1.54) is 199 Å². The lowest BCUT2D eigenvalue weighted by Crippen LogP contribution is -2.27. The van der Waals surface area contributed by atoms with E-state index in [1.807, 2.05) is 0 Å². The number of carboxylic acids is 1. The molecule has 0 aliphatic heterocycles. The maximum atomic E-state index is 12.3. The average molecular weight is 705 g/mol. The summed E-state index contributed by atoms with van der Waals surface area (Å²) in [6.07, 6.45) is 52.7. The Balaban J connectivity index is 3.47. The normalized spacial score (nSPS) is 12.2. The van der Waals surface area contributed by atoms with Crippen LogP contribution in [0.5, 0.6) is 0 Å². The molecule has 0 saturated carbocycles. The Morgan fingerprint density at radius 1 is 0.420 bits per heavy atom. The number of esters is 1. The quantitative estimate of drug-likeness (QED) is 0.0390. The van der Waals surface area contributed by atoms with E-state index in [0.717, 1.165) is 38.5 Å². The first-order valence-electron chi connectivity index (χ1n) is 22.7. The van der Waals surface area contributed by atoms with Crippen molar-refractivity contribution in [1.82, 2.24) is 0 Å². The number of unbranched alkanes of at least 4 members (excludes halogenated alkanes) is 34. The van der Waals surface area contributed by atoms with Gasteiger partial charge in [-0.05, 0) is 44.9 Å². The second-order valence-corrected chi connectivity index (χ2v) is 15.6. The van der Waals surface area contributed by atoms with Gasteiger partial charge < -0.3 is 9.84 Å². The first-order chi connectivity index (χ1) is 24.6. The van der Waals surface area contributed by atoms with Crippen molar-refractivity contribution in [2.45, 2.75) is 270 Å². The molecule has 0 heterocycles. The van der Waals surface area contributed by atoms with Gasteiger partial charge in [-0.25, -0.2) is 4.79 Å². The lowest BCUT2D eigenvalue weighted by molar-refractivity contribution is -0.164. The largest absolute Gasteiger partial charge is 0.479 e. The molecule has 0 rings (SSSR count). The summed E-state index contributed by atoms with van der Waals surface area (Å²) < 4.78 is 5.35. The fraction of sp³-hybridized carbons (Fsp3) is 0.913. The number of ether oxygens (including phenoxy) is 1. The fourth-order valence-corrected chi connectivity index (χ4v) is 7.08. The fourth-order valence-electron chi connectivity index (χ4n) is 7.08. The third-order valence-corrected chi connectivity index (χ3v) is 10.5. The lowest BCUT2D eigenvalue weighted by atomic mass is 10.0. The van der Waals surface area contributed by atoms with Gasteiger partial charge in [0.1, 0.15) is 0 Å². The Morgan fingerprint density at radius 2 is 0.700 bits per heavy atom. The second kappa shape index (κ2) is 42.1. The van der Waals surface area contributed by atoms with Gasteiger partial charge in [0.05, 0.1) is 0 Å². The highest BCUT2D eigenvalue weighted by atomic mass is 16.6. The number of carbonyl (C=O) groups is 2. The number of hydrogen-bond acceptors (Lipinski definition) is 3. The molecule has 4 heteroatoms. The molecule has 0 radical (unpaired) electrons. The minimum atomic E-state index is -0.999. The summed E-state index contributed by atoms with van der Waals surface area (Å²) in [4.78, 5) is 23.9. The molecule has 0 saturated heterocycles. The molecule has 50 heavy (non-hydrogen) atoms. The molecule has 0 bridgehead atoms. The van der Waals surface area contributed by atoms with Crippen molar-refractivity contribution in [3.63, 3.8) is 0 Å². The predicted octanol–water partition coefficient (Wildman–Crippen LogP) is 15.8. The van der Waals surface area contributed by atoms with Crippen molar-refractivity contribution >= 4 is 11.9 Å². The van der Waals surface area contributed by atoms with Gasteiger partial charge in [0.25, 0.3) is 0 Å². The third-order valence-electron chi connectivity index (χ3n) is 10.5. The third kappa shape index (κ3) is 39.5. The molecule has 1 unspecified atom stereocenters. The van der Waals surface area contributed by atoms with Crippen LogP contribution in [0.3, 0.4) is 0 Å². The maximum Gasteiger partial charge on any atom is 0.345 e. The van der Waals surface area contributed by atoms with Gasteiger partial charge in [-0.15, -0.1) is 0 Å². The van der Waals surface area contributed by atoms with Gasteiger partial charge in [0, 0.05) is 6.42 Å². The standard InChI is InChI=1S/C46H88O4/c1-3-5-7-9-11-13-15-17-19-21-23-24-25-27-29-31-33-35-37-39-41-43-45(47)50-44(46(48)49)42-40-38-36-34-32-30-28-26-22-20-18-16-14-12-10-8-6-4-2/h17,19,44H,3-16,18,20-43H2,1-2H3,(H,48,49)/b19-17-. The summed E-state index contributed by atoms with van der Waals surface area (Å²) in [5.74, 6) is -1.34. The molecular formula is C46H88O4. The van der Waals surface area contributed by atoms with E-state index >= 15 is 0 Å². The number of hydrogen-bond donors (Lipinski definition) is 1. The maximum absolute atomic E-state index is 12.3. The summed E-state index contributed by atoms with van der Waals surface area (Å²) in [6.45, 7) is 4.56. The Kier molecular flexibility index (Phi) is 41.0. The summed E-state index contributed by atoms with van der Waals surface area (Å²) in [6, 6.07) is 0. The van der Waals surface area contributed by atoms with Crippen LogP contribution in [-0.4, -0.2) is 23.1 Å². The molecule has 0 aliphatic carbocycles. The van der Waals surface area contributed by atoms with E-state index in [1.54, 1.807) is 0 Å². The molecule has 296 valence electrons. The van der Waals surface area contributed by atoms with Crippen LogP contribution in [0.15, 0.2) is 12.2 Å². The Hall–Kier alpha value is -1.32.